The monoisotopic (exact) mass is 534 g/mol. The number of methoxy groups -OCH3 is 1. The van der Waals surface area contributed by atoms with E-state index in [1.807, 2.05) is 24.3 Å². The van der Waals surface area contributed by atoms with Crippen LogP contribution in [0, 0.1) is 0 Å². The quantitative estimate of drug-likeness (QED) is 0.208. The minimum Gasteiger partial charge on any atom is -0.493 e. The molecule has 1 unspecified atom stereocenters. The van der Waals surface area contributed by atoms with Crippen LogP contribution in [0.2, 0.25) is 0 Å². The van der Waals surface area contributed by atoms with E-state index in [1.54, 1.807) is 21.2 Å². The van der Waals surface area contributed by atoms with Crippen molar-refractivity contribution in [3.05, 3.63) is 24.3 Å². The number of carbonyl (C=O) groups excluding carboxylic acids is 1. The van der Waals surface area contributed by atoms with Crippen molar-refractivity contribution in [3.63, 3.8) is 0 Å². The van der Waals surface area contributed by atoms with Gasteiger partial charge in [0.15, 0.2) is 5.96 Å². The van der Waals surface area contributed by atoms with Gasteiger partial charge in [-0.1, -0.05) is 6.07 Å². The summed E-state index contributed by atoms with van der Waals surface area (Å²) >= 11 is 0. The number of guanidine groups is 1. The van der Waals surface area contributed by atoms with Gasteiger partial charge in [-0.25, -0.2) is 4.99 Å². The van der Waals surface area contributed by atoms with Gasteiger partial charge in [0.05, 0.1) is 12.7 Å². The lowest BCUT2D eigenvalue weighted by atomic mass is 10.1. The van der Waals surface area contributed by atoms with Crippen LogP contribution in [0.5, 0.6) is 5.75 Å². The average molecular weight is 534 g/mol. The number of hydrogen-bond acceptors (Lipinski definition) is 5. The van der Waals surface area contributed by atoms with Crippen molar-refractivity contribution >= 4 is 41.5 Å². The zero-order chi connectivity index (χ0) is 20.9. The molecule has 30 heavy (non-hydrogen) atoms. The highest BCUT2D eigenvalue weighted by Crippen LogP contribution is 2.18. The van der Waals surface area contributed by atoms with Crippen LogP contribution in [0.4, 0.5) is 5.69 Å². The maximum Gasteiger partial charge on any atom is 0.243 e. The fourth-order valence-corrected chi connectivity index (χ4v) is 2.80. The number of ether oxygens (including phenoxy) is 3. The predicted octanol–water partition coefficient (Wildman–Crippen LogP) is 2.73. The fraction of sp³-hybridized carbons (Fsp3) is 0.619. The van der Waals surface area contributed by atoms with Gasteiger partial charge in [-0.3, -0.25) is 4.79 Å². The summed E-state index contributed by atoms with van der Waals surface area (Å²) in [6, 6.07) is 7.67. The second kappa shape index (κ2) is 15.2. The third-order valence-electron chi connectivity index (χ3n) is 4.50. The molecule has 1 fully saturated rings. The Morgan fingerprint density at radius 1 is 1.30 bits per heavy atom. The molecule has 1 heterocycles. The zero-order valence-corrected chi connectivity index (χ0v) is 20.5. The number of aliphatic imine (C=N–C) groups is 1. The van der Waals surface area contributed by atoms with Crippen LogP contribution in [0.25, 0.3) is 0 Å². The summed E-state index contributed by atoms with van der Waals surface area (Å²) in [5, 5.41) is 6.56. The first-order valence-electron chi connectivity index (χ1n) is 10.2. The third-order valence-corrected chi connectivity index (χ3v) is 4.50. The van der Waals surface area contributed by atoms with E-state index in [0.717, 1.165) is 37.3 Å². The minimum atomic E-state index is -0.0600. The molecule has 170 valence electrons. The number of nitrogens with one attached hydrogen (secondary N) is 2. The van der Waals surface area contributed by atoms with Crippen molar-refractivity contribution < 1.29 is 19.0 Å². The van der Waals surface area contributed by atoms with E-state index >= 15 is 0 Å². The van der Waals surface area contributed by atoms with Crippen LogP contribution in [0.3, 0.4) is 0 Å². The Kier molecular flexibility index (Phi) is 13.4. The smallest absolute Gasteiger partial charge is 0.243 e. The molecule has 1 atom stereocenters. The Hall–Kier alpha value is -1.59. The Morgan fingerprint density at radius 3 is 2.83 bits per heavy atom. The average Bonchev–Trinajstić information content (AvgIpc) is 2.74. The summed E-state index contributed by atoms with van der Waals surface area (Å²) < 4.78 is 16.6. The zero-order valence-electron chi connectivity index (χ0n) is 18.2. The molecule has 1 aromatic carbocycles. The number of benzene rings is 1. The van der Waals surface area contributed by atoms with Gasteiger partial charge < -0.3 is 29.7 Å². The normalized spacial score (nSPS) is 16.4. The number of halogens is 1. The lowest BCUT2D eigenvalue weighted by Gasteiger charge is -2.24. The summed E-state index contributed by atoms with van der Waals surface area (Å²) in [5.74, 6) is 1.26. The molecule has 0 bridgehead atoms. The Balaban J connectivity index is 0.00000450. The van der Waals surface area contributed by atoms with E-state index in [0.29, 0.717) is 25.7 Å². The molecule has 2 rings (SSSR count). The number of carbonyl (C=O) groups is 1. The molecule has 1 aliphatic heterocycles. The molecule has 9 heteroatoms. The summed E-state index contributed by atoms with van der Waals surface area (Å²) in [7, 11) is 5.12. The van der Waals surface area contributed by atoms with Crippen molar-refractivity contribution in [2.24, 2.45) is 4.99 Å². The van der Waals surface area contributed by atoms with E-state index in [1.165, 1.54) is 11.3 Å². The van der Waals surface area contributed by atoms with Gasteiger partial charge in [-0.05, 0) is 31.4 Å². The highest BCUT2D eigenvalue weighted by Gasteiger charge is 2.14. The van der Waals surface area contributed by atoms with Gasteiger partial charge in [-0.15, -0.1) is 24.0 Å². The van der Waals surface area contributed by atoms with Gasteiger partial charge in [0.1, 0.15) is 12.3 Å². The summed E-state index contributed by atoms with van der Waals surface area (Å²) in [5.41, 5.74) is 0.836. The minimum absolute atomic E-state index is 0. The Labute approximate surface area is 196 Å². The molecule has 0 aromatic heterocycles. The van der Waals surface area contributed by atoms with Crippen LogP contribution in [-0.2, 0) is 14.3 Å². The van der Waals surface area contributed by atoms with Gasteiger partial charge in [0, 0.05) is 59.1 Å². The van der Waals surface area contributed by atoms with Crippen molar-refractivity contribution in [2.45, 2.75) is 31.8 Å². The molecule has 1 amide bonds. The van der Waals surface area contributed by atoms with Crippen LogP contribution in [0.1, 0.15) is 25.7 Å². The largest absolute Gasteiger partial charge is 0.493 e. The summed E-state index contributed by atoms with van der Waals surface area (Å²) in [6.45, 7) is 2.78. The molecule has 2 N–H and O–H groups in total. The molecule has 0 saturated carbocycles. The maximum atomic E-state index is 11.9. The molecule has 0 spiro atoms. The van der Waals surface area contributed by atoms with Crippen LogP contribution in [0.15, 0.2) is 29.3 Å². The van der Waals surface area contributed by atoms with E-state index < -0.39 is 0 Å². The number of likely N-dealkylation sites (N-methyl/N-ethyl adjacent to an activating group) is 1. The highest BCUT2D eigenvalue weighted by molar-refractivity contribution is 14.0. The standard InChI is InChI=1S/C21H34N4O4.HI/c1-25(2)20(26)16-23-21(22-15-19-9-4-5-12-29-19)24-17-8-6-10-18(14-17)28-13-7-11-27-3;/h6,8,10,14,19H,4-5,7,9,11-13,15-16H2,1-3H3,(H2,22,23,24);1H. The molecule has 0 aliphatic carbocycles. The molecule has 1 aliphatic rings. The summed E-state index contributed by atoms with van der Waals surface area (Å²) in [6.07, 6.45) is 4.31. The first-order valence-corrected chi connectivity index (χ1v) is 10.2. The highest BCUT2D eigenvalue weighted by atomic mass is 127. The third kappa shape index (κ3) is 10.4. The first-order chi connectivity index (χ1) is 14.1. The Bertz CT molecular complexity index is 652. The maximum absolute atomic E-state index is 11.9. The molecule has 1 saturated heterocycles. The number of hydrogen-bond donors (Lipinski definition) is 2. The van der Waals surface area contributed by atoms with E-state index in [4.69, 9.17) is 14.2 Å². The summed E-state index contributed by atoms with van der Waals surface area (Å²) in [4.78, 5) is 17.9. The van der Waals surface area contributed by atoms with Gasteiger partial charge in [-0.2, -0.15) is 0 Å². The van der Waals surface area contributed by atoms with Crippen LogP contribution < -0.4 is 15.4 Å². The Morgan fingerprint density at radius 2 is 2.13 bits per heavy atom. The molecule has 8 nitrogen and oxygen atoms in total. The van der Waals surface area contributed by atoms with Crippen LogP contribution >= 0.6 is 24.0 Å². The van der Waals surface area contributed by atoms with Gasteiger partial charge in [0.2, 0.25) is 5.91 Å². The predicted molar refractivity (Wildman–Crippen MR) is 130 cm³/mol. The second-order valence-electron chi connectivity index (χ2n) is 7.17. The topological polar surface area (TPSA) is 84.4 Å². The van der Waals surface area contributed by atoms with Crippen molar-refractivity contribution in [3.8, 4) is 5.75 Å². The van der Waals surface area contributed by atoms with Crippen molar-refractivity contribution in [2.75, 3.05) is 59.4 Å². The number of rotatable bonds is 10. The second-order valence-corrected chi connectivity index (χ2v) is 7.17. The van der Waals surface area contributed by atoms with E-state index in [2.05, 4.69) is 15.6 Å². The number of anilines is 1. The lowest BCUT2D eigenvalue weighted by Crippen LogP contribution is -2.39. The fourth-order valence-electron chi connectivity index (χ4n) is 2.80. The molecule has 0 radical (unpaired) electrons. The molecular formula is C21H35IN4O4. The number of nitrogens with zero attached hydrogens (tertiary/aromatic N) is 2. The first kappa shape index (κ1) is 26.4. The molecule has 1 aromatic rings. The molecular weight excluding hydrogens is 499 g/mol. The van der Waals surface area contributed by atoms with E-state index in [-0.39, 0.29) is 42.5 Å². The van der Waals surface area contributed by atoms with E-state index in [9.17, 15) is 4.79 Å². The van der Waals surface area contributed by atoms with Gasteiger partial charge >= 0.3 is 0 Å². The SMILES string of the molecule is COCCCOc1cccc(NC(=NCC(=O)N(C)C)NCC2CCCCO2)c1.I. The number of amides is 1. The lowest BCUT2D eigenvalue weighted by molar-refractivity contribution is -0.127. The van der Waals surface area contributed by atoms with Gasteiger partial charge in [0.25, 0.3) is 0 Å². The van der Waals surface area contributed by atoms with Crippen LogP contribution in [-0.4, -0.2) is 77.0 Å². The van der Waals surface area contributed by atoms with Crippen molar-refractivity contribution in [1.29, 1.82) is 0 Å². The van der Waals surface area contributed by atoms with Crippen molar-refractivity contribution in [1.82, 2.24) is 10.2 Å².